The molecule has 2 heterocycles. The Balaban J connectivity index is 1.46. The first kappa shape index (κ1) is 20.9. The van der Waals surface area contributed by atoms with Gasteiger partial charge in [0.2, 0.25) is 5.91 Å². The fourth-order valence-electron chi connectivity index (χ4n) is 4.95. The lowest BCUT2D eigenvalue weighted by Crippen LogP contribution is -2.37. The van der Waals surface area contributed by atoms with E-state index < -0.39 is 0 Å². The van der Waals surface area contributed by atoms with Crippen LogP contribution in [0.3, 0.4) is 0 Å². The van der Waals surface area contributed by atoms with Crippen LogP contribution in [0.25, 0.3) is 0 Å². The SMILES string of the molecule is COc1ccc(CC(=O)N2C[C@H](CN3CCCCC3)[C@H](c3ccc(C)cc3)C2)cc1. The first-order chi connectivity index (χ1) is 14.6. The Labute approximate surface area is 180 Å². The maximum absolute atomic E-state index is 13.1. The monoisotopic (exact) mass is 406 g/mol. The minimum Gasteiger partial charge on any atom is -0.497 e. The average Bonchev–Trinajstić information content (AvgIpc) is 3.19. The molecular weight excluding hydrogens is 372 g/mol. The molecule has 0 spiro atoms. The van der Waals surface area contributed by atoms with Crippen LogP contribution in [0.5, 0.6) is 5.75 Å². The number of nitrogens with zero attached hydrogens (tertiary/aromatic N) is 2. The topological polar surface area (TPSA) is 32.8 Å². The average molecular weight is 407 g/mol. The molecule has 30 heavy (non-hydrogen) atoms. The summed E-state index contributed by atoms with van der Waals surface area (Å²) in [5.74, 6) is 1.99. The molecule has 0 bridgehead atoms. The molecule has 0 radical (unpaired) electrons. The van der Waals surface area contributed by atoms with Gasteiger partial charge in [-0.3, -0.25) is 4.79 Å². The second kappa shape index (κ2) is 9.65. The molecule has 2 aliphatic rings. The number of hydrogen-bond donors (Lipinski definition) is 0. The molecule has 2 fully saturated rings. The van der Waals surface area contributed by atoms with Crippen molar-refractivity contribution in [1.82, 2.24) is 9.80 Å². The van der Waals surface area contributed by atoms with Gasteiger partial charge in [-0.2, -0.15) is 0 Å². The molecular formula is C26H34N2O2. The maximum Gasteiger partial charge on any atom is 0.227 e. The summed E-state index contributed by atoms with van der Waals surface area (Å²) in [5, 5.41) is 0. The number of amides is 1. The van der Waals surface area contributed by atoms with E-state index in [4.69, 9.17) is 4.74 Å². The molecule has 0 unspecified atom stereocenters. The highest BCUT2D eigenvalue weighted by atomic mass is 16.5. The molecule has 2 atom stereocenters. The van der Waals surface area contributed by atoms with Crippen LogP contribution in [0.2, 0.25) is 0 Å². The molecule has 0 aromatic heterocycles. The Morgan fingerprint density at radius 2 is 1.67 bits per heavy atom. The zero-order chi connectivity index (χ0) is 20.9. The lowest BCUT2D eigenvalue weighted by molar-refractivity contribution is -0.129. The van der Waals surface area contributed by atoms with Gasteiger partial charge in [-0.05, 0) is 62.0 Å². The Morgan fingerprint density at radius 3 is 2.33 bits per heavy atom. The van der Waals surface area contributed by atoms with Gasteiger partial charge in [-0.25, -0.2) is 0 Å². The van der Waals surface area contributed by atoms with Crippen LogP contribution in [0.1, 0.15) is 41.9 Å². The Morgan fingerprint density at radius 1 is 0.967 bits per heavy atom. The number of rotatable bonds is 6. The van der Waals surface area contributed by atoms with Crippen LogP contribution in [-0.4, -0.2) is 55.5 Å². The third-order valence-corrected chi connectivity index (χ3v) is 6.76. The van der Waals surface area contributed by atoms with E-state index in [1.54, 1.807) is 7.11 Å². The van der Waals surface area contributed by atoms with Gasteiger partial charge in [0.1, 0.15) is 5.75 Å². The number of piperidine rings is 1. The summed E-state index contributed by atoms with van der Waals surface area (Å²) in [6.07, 6.45) is 4.43. The smallest absolute Gasteiger partial charge is 0.227 e. The van der Waals surface area contributed by atoms with Gasteiger partial charge in [0.25, 0.3) is 0 Å². The summed E-state index contributed by atoms with van der Waals surface area (Å²) in [7, 11) is 1.66. The molecule has 2 aromatic rings. The molecule has 4 nitrogen and oxygen atoms in total. The molecule has 0 aliphatic carbocycles. The van der Waals surface area contributed by atoms with Gasteiger partial charge in [-0.1, -0.05) is 48.4 Å². The Bertz CT molecular complexity index is 825. The van der Waals surface area contributed by atoms with Crippen molar-refractivity contribution < 1.29 is 9.53 Å². The van der Waals surface area contributed by atoms with Crippen molar-refractivity contribution in [1.29, 1.82) is 0 Å². The second-order valence-electron chi connectivity index (χ2n) is 8.96. The minimum absolute atomic E-state index is 0.235. The van der Waals surface area contributed by atoms with Gasteiger partial charge < -0.3 is 14.5 Å². The number of likely N-dealkylation sites (tertiary alicyclic amines) is 2. The van der Waals surface area contributed by atoms with Gasteiger partial charge in [-0.15, -0.1) is 0 Å². The fraction of sp³-hybridized carbons (Fsp3) is 0.500. The maximum atomic E-state index is 13.1. The third-order valence-electron chi connectivity index (χ3n) is 6.76. The Hall–Kier alpha value is -2.33. The highest BCUT2D eigenvalue weighted by Crippen LogP contribution is 2.34. The van der Waals surface area contributed by atoms with Crippen molar-refractivity contribution >= 4 is 5.91 Å². The van der Waals surface area contributed by atoms with E-state index in [0.29, 0.717) is 18.3 Å². The Kier molecular flexibility index (Phi) is 6.73. The summed E-state index contributed by atoms with van der Waals surface area (Å²) < 4.78 is 5.23. The van der Waals surface area contributed by atoms with Gasteiger partial charge in [0, 0.05) is 25.6 Å². The predicted octanol–water partition coefficient (Wildman–Crippen LogP) is 4.27. The molecule has 2 aliphatic heterocycles. The number of ether oxygens (including phenoxy) is 1. The number of carbonyl (C=O) groups excluding carboxylic acids is 1. The first-order valence-corrected chi connectivity index (χ1v) is 11.3. The van der Waals surface area contributed by atoms with Crippen LogP contribution in [0.15, 0.2) is 48.5 Å². The van der Waals surface area contributed by atoms with Crippen molar-refractivity contribution in [2.45, 2.75) is 38.5 Å². The quantitative estimate of drug-likeness (QED) is 0.718. The fourth-order valence-corrected chi connectivity index (χ4v) is 4.95. The summed E-state index contributed by atoms with van der Waals surface area (Å²) in [6.45, 7) is 7.34. The van der Waals surface area contributed by atoms with E-state index in [0.717, 1.165) is 30.9 Å². The van der Waals surface area contributed by atoms with Crippen LogP contribution in [0, 0.1) is 12.8 Å². The van der Waals surface area contributed by atoms with Crippen molar-refractivity contribution in [2.75, 3.05) is 39.8 Å². The second-order valence-corrected chi connectivity index (χ2v) is 8.96. The lowest BCUT2D eigenvalue weighted by Gasteiger charge is -2.31. The number of methoxy groups -OCH3 is 1. The van der Waals surface area contributed by atoms with E-state index in [-0.39, 0.29) is 5.91 Å². The van der Waals surface area contributed by atoms with Gasteiger partial charge in [0.05, 0.1) is 13.5 Å². The van der Waals surface area contributed by atoms with Gasteiger partial charge in [0.15, 0.2) is 0 Å². The van der Waals surface area contributed by atoms with Crippen LogP contribution in [0.4, 0.5) is 0 Å². The number of benzene rings is 2. The molecule has 160 valence electrons. The minimum atomic E-state index is 0.235. The molecule has 0 N–H and O–H groups in total. The van der Waals surface area contributed by atoms with Crippen molar-refractivity contribution in [2.24, 2.45) is 5.92 Å². The van der Waals surface area contributed by atoms with Crippen LogP contribution in [-0.2, 0) is 11.2 Å². The third kappa shape index (κ3) is 5.04. The number of aryl methyl sites for hydroxylation is 1. The summed E-state index contributed by atoms with van der Waals surface area (Å²) in [6, 6.07) is 16.8. The normalized spacial score (nSPS) is 22.3. The van der Waals surface area contributed by atoms with E-state index in [1.165, 1.54) is 43.5 Å². The molecule has 2 aromatic carbocycles. The van der Waals surface area contributed by atoms with Crippen molar-refractivity contribution in [3.05, 3.63) is 65.2 Å². The van der Waals surface area contributed by atoms with Crippen LogP contribution < -0.4 is 4.74 Å². The largest absolute Gasteiger partial charge is 0.497 e. The number of carbonyl (C=O) groups is 1. The molecule has 4 rings (SSSR count). The highest BCUT2D eigenvalue weighted by molar-refractivity contribution is 5.79. The van der Waals surface area contributed by atoms with Crippen molar-refractivity contribution in [3.8, 4) is 5.75 Å². The molecule has 0 saturated carbocycles. The van der Waals surface area contributed by atoms with Gasteiger partial charge >= 0.3 is 0 Å². The van der Waals surface area contributed by atoms with E-state index in [2.05, 4.69) is 41.0 Å². The first-order valence-electron chi connectivity index (χ1n) is 11.3. The van der Waals surface area contributed by atoms with Crippen LogP contribution >= 0.6 is 0 Å². The van der Waals surface area contributed by atoms with Crippen molar-refractivity contribution in [3.63, 3.8) is 0 Å². The zero-order valence-electron chi connectivity index (χ0n) is 18.3. The molecule has 1 amide bonds. The van der Waals surface area contributed by atoms with E-state index in [1.807, 2.05) is 24.3 Å². The van der Waals surface area contributed by atoms with E-state index in [9.17, 15) is 4.79 Å². The summed E-state index contributed by atoms with van der Waals surface area (Å²) >= 11 is 0. The molecule has 2 saturated heterocycles. The highest BCUT2D eigenvalue weighted by Gasteiger charge is 2.37. The standard InChI is InChI=1S/C26H34N2O2/c1-20-6-10-22(11-7-20)25-19-28(18-23(25)17-27-14-4-3-5-15-27)26(29)16-21-8-12-24(30-2)13-9-21/h6-13,23,25H,3-5,14-19H2,1-2H3/t23-,25-/m0/s1. The molecule has 4 heteroatoms. The van der Waals surface area contributed by atoms with E-state index >= 15 is 0 Å². The summed E-state index contributed by atoms with van der Waals surface area (Å²) in [4.78, 5) is 17.8. The summed E-state index contributed by atoms with van der Waals surface area (Å²) in [5.41, 5.74) is 3.71. The number of hydrogen-bond acceptors (Lipinski definition) is 3. The zero-order valence-corrected chi connectivity index (χ0v) is 18.3. The predicted molar refractivity (Wildman–Crippen MR) is 121 cm³/mol. The lowest BCUT2D eigenvalue weighted by atomic mass is 9.88.